The SMILES string of the molecule is CN1C[C@@](C)(C2(C)CC(NC(=O)c3ccc(C#N)cn3)=CC=C2F)N=C(N)C(C)(C)S1(=O)=O. The maximum Gasteiger partial charge on any atom is 0.273 e. The third-order valence-corrected chi connectivity index (χ3v) is 9.11. The number of pyridine rings is 1. The van der Waals surface area contributed by atoms with Gasteiger partial charge in [-0.25, -0.2) is 22.1 Å². The number of nitrogens with one attached hydrogen (secondary N) is 1. The summed E-state index contributed by atoms with van der Waals surface area (Å²) in [6.45, 7) is 6.13. The fourth-order valence-corrected chi connectivity index (χ4v) is 5.50. The van der Waals surface area contributed by atoms with Crippen molar-refractivity contribution in [1.82, 2.24) is 14.6 Å². The van der Waals surface area contributed by atoms with Gasteiger partial charge in [-0.15, -0.1) is 0 Å². The molecular weight excluding hydrogens is 447 g/mol. The number of nitrogens with two attached hydrogens (primary N) is 1. The molecule has 2 aliphatic rings. The van der Waals surface area contributed by atoms with Crippen molar-refractivity contribution in [2.45, 2.75) is 44.4 Å². The summed E-state index contributed by atoms with van der Waals surface area (Å²) in [4.78, 5) is 21.2. The number of halogens is 1. The minimum Gasteiger partial charge on any atom is -0.386 e. The fourth-order valence-electron chi connectivity index (χ4n) is 3.99. The number of carbonyl (C=O) groups is 1. The Morgan fingerprint density at radius 1 is 1.27 bits per heavy atom. The van der Waals surface area contributed by atoms with E-state index in [0.717, 1.165) is 4.31 Å². The Kier molecular flexibility index (Phi) is 5.98. The number of aliphatic imine (C=N–C) groups is 1. The lowest BCUT2D eigenvalue weighted by molar-refractivity contribution is 0.0947. The van der Waals surface area contributed by atoms with Crippen LogP contribution in [0.1, 0.15) is 50.2 Å². The number of hydrogen-bond acceptors (Lipinski definition) is 7. The maximum absolute atomic E-state index is 15.3. The van der Waals surface area contributed by atoms with E-state index in [9.17, 15) is 13.2 Å². The fraction of sp³-hybridized carbons (Fsp3) is 0.455. The first kappa shape index (κ1) is 24.5. The minimum absolute atomic E-state index is 0.0406. The van der Waals surface area contributed by atoms with Crippen LogP contribution in [0.25, 0.3) is 0 Å². The normalized spacial score (nSPS) is 29.1. The summed E-state index contributed by atoms with van der Waals surface area (Å²) in [6, 6.07) is 4.83. The quantitative estimate of drug-likeness (QED) is 0.686. The smallest absolute Gasteiger partial charge is 0.273 e. The van der Waals surface area contributed by atoms with Crippen molar-refractivity contribution in [3.05, 3.63) is 53.3 Å². The van der Waals surface area contributed by atoms with E-state index in [-0.39, 0.29) is 24.5 Å². The minimum atomic E-state index is -3.83. The van der Waals surface area contributed by atoms with Crippen LogP contribution < -0.4 is 11.1 Å². The number of likely N-dealkylation sites (N-methyl/N-ethyl adjacent to an activating group) is 1. The Morgan fingerprint density at radius 2 is 1.94 bits per heavy atom. The number of sulfonamides is 1. The van der Waals surface area contributed by atoms with Crippen LogP contribution in [0.5, 0.6) is 0 Å². The highest BCUT2D eigenvalue weighted by atomic mass is 32.2. The molecule has 2 heterocycles. The van der Waals surface area contributed by atoms with E-state index in [1.165, 1.54) is 51.4 Å². The average Bonchev–Trinajstić information content (AvgIpc) is 2.79. The van der Waals surface area contributed by atoms with Gasteiger partial charge < -0.3 is 11.1 Å². The Bertz CT molecular complexity index is 1230. The molecule has 0 saturated heterocycles. The van der Waals surface area contributed by atoms with E-state index in [1.807, 2.05) is 6.07 Å². The van der Waals surface area contributed by atoms with Gasteiger partial charge in [0.15, 0.2) is 0 Å². The summed E-state index contributed by atoms with van der Waals surface area (Å²) in [5.74, 6) is -1.12. The summed E-state index contributed by atoms with van der Waals surface area (Å²) in [6.07, 6.45) is 4.03. The molecule has 2 atom stereocenters. The molecular formula is C22H27FN6O3S. The van der Waals surface area contributed by atoms with Crippen LogP contribution in [0.3, 0.4) is 0 Å². The lowest BCUT2D eigenvalue weighted by atomic mass is 9.66. The molecule has 176 valence electrons. The molecule has 0 saturated carbocycles. The zero-order valence-corrected chi connectivity index (χ0v) is 20.0. The van der Waals surface area contributed by atoms with E-state index in [1.54, 1.807) is 13.8 Å². The molecule has 9 nitrogen and oxygen atoms in total. The zero-order chi connectivity index (χ0) is 24.8. The van der Waals surface area contributed by atoms with Gasteiger partial charge in [-0.1, -0.05) is 6.92 Å². The molecule has 33 heavy (non-hydrogen) atoms. The van der Waals surface area contributed by atoms with E-state index in [4.69, 9.17) is 11.0 Å². The highest BCUT2D eigenvalue weighted by Gasteiger charge is 2.55. The lowest BCUT2D eigenvalue weighted by Gasteiger charge is -2.45. The van der Waals surface area contributed by atoms with Gasteiger partial charge in [-0.3, -0.25) is 9.79 Å². The second-order valence-electron chi connectivity index (χ2n) is 9.26. The first-order valence-corrected chi connectivity index (χ1v) is 11.7. The van der Waals surface area contributed by atoms with Crippen LogP contribution in [0.2, 0.25) is 0 Å². The molecule has 11 heteroatoms. The van der Waals surface area contributed by atoms with Crippen molar-refractivity contribution in [1.29, 1.82) is 5.26 Å². The topological polar surface area (TPSA) is 142 Å². The first-order chi connectivity index (χ1) is 15.2. The Hall–Kier alpha value is -3.10. The van der Waals surface area contributed by atoms with Crippen LogP contribution in [0, 0.1) is 16.7 Å². The molecule has 0 spiro atoms. The van der Waals surface area contributed by atoms with Crippen LogP contribution in [0.4, 0.5) is 4.39 Å². The molecule has 1 unspecified atom stereocenters. The second-order valence-corrected chi connectivity index (χ2v) is 11.8. The third-order valence-electron chi connectivity index (χ3n) is 6.66. The van der Waals surface area contributed by atoms with E-state index < -0.39 is 37.5 Å². The highest BCUT2D eigenvalue weighted by Crippen LogP contribution is 2.50. The van der Waals surface area contributed by atoms with Gasteiger partial charge in [0.1, 0.15) is 28.2 Å². The summed E-state index contributed by atoms with van der Waals surface area (Å²) in [5.41, 5.74) is 4.42. The van der Waals surface area contributed by atoms with Gasteiger partial charge in [0.25, 0.3) is 5.91 Å². The van der Waals surface area contributed by atoms with Crippen LogP contribution in [0.15, 0.2) is 47.0 Å². The number of aromatic nitrogens is 1. The van der Waals surface area contributed by atoms with Crippen molar-refractivity contribution < 1.29 is 17.6 Å². The standard InChI is InChI=1S/C22H27FN6O3S/c1-20(2)19(25)28-22(4,13-29(5)33(20,31)32)21(3)10-15(7-9-17(21)23)27-18(30)16-8-6-14(11-24)12-26-16/h6-9,12H,10,13H2,1-5H3,(H2,25,28)(H,27,30)/t21?,22-/m0/s1. The summed E-state index contributed by atoms with van der Waals surface area (Å²) in [5, 5.41) is 11.6. The van der Waals surface area contributed by atoms with Gasteiger partial charge >= 0.3 is 0 Å². The van der Waals surface area contributed by atoms with Crippen molar-refractivity contribution >= 4 is 21.8 Å². The van der Waals surface area contributed by atoms with Crippen LogP contribution >= 0.6 is 0 Å². The monoisotopic (exact) mass is 474 g/mol. The number of amides is 1. The van der Waals surface area contributed by atoms with Gasteiger partial charge in [0.2, 0.25) is 10.0 Å². The first-order valence-electron chi connectivity index (χ1n) is 10.2. The average molecular weight is 475 g/mol. The summed E-state index contributed by atoms with van der Waals surface area (Å²) < 4.78 is 41.0. The molecule has 0 aromatic carbocycles. The van der Waals surface area contributed by atoms with E-state index >= 15 is 4.39 Å². The molecule has 1 aromatic rings. The number of hydrogen-bond donors (Lipinski definition) is 2. The number of rotatable bonds is 3. The molecule has 0 radical (unpaired) electrons. The van der Waals surface area contributed by atoms with Crippen LogP contribution in [-0.4, -0.2) is 53.3 Å². The Morgan fingerprint density at radius 3 is 2.52 bits per heavy atom. The van der Waals surface area contributed by atoms with Gasteiger partial charge in [0.05, 0.1) is 16.5 Å². The van der Waals surface area contributed by atoms with Crippen molar-refractivity contribution in [3.63, 3.8) is 0 Å². The zero-order valence-electron chi connectivity index (χ0n) is 19.2. The van der Waals surface area contributed by atoms with E-state index in [2.05, 4.69) is 15.3 Å². The Labute approximate surface area is 192 Å². The van der Waals surface area contributed by atoms with Crippen molar-refractivity contribution in [3.8, 4) is 6.07 Å². The molecule has 3 rings (SSSR count). The number of carbonyl (C=O) groups excluding carboxylic acids is 1. The molecule has 3 N–H and O–H groups in total. The highest BCUT2D eigenvalue weighted by molar-refractivity contribution is 7.91. The predicted molar refractivity (Wildman–Crippen MR) is 122 cm³/mol. The molecule has 1 amide bonds. The lowest BCUT2D eigenvalue weighted by Crippen LogP contribution is -2.52. The number of amidine groups is 1. The van der Waals surface area contributed by atoms with Crippen molar-refractivity contribution in [2.75, 3.05) is 13.6 Å². The predicted octanol–water partition coefficient (Wildman–Crippen LogP) is 2.00. The Balaban J connectivity index is 1.94. The third kappa shape index (κ3) is 3.94. The van der Waals surface area contributed by atoms with Crippen molar-refractivity contribution in [2.24, 2.45) is 16.1 Å². The van der Waals surface area contributed by atoms with Gasteiger partial charge in [0, 0.05) is 31.9 Å². The molecule has 1 aromatic heterocycles. The number of nitriles is 1. The summed E-state index contributed by atoms with van der Waals surface area (Å²) >= 11 is 0. The number of nitrogens with zero attached hydrogens (tertiary/aromatic N) is 4. The maximum atomic E-state index is 15.3. The van der Waals surface area contributed by atoms with E-state index in [0.29, 0.717) is 11.3 Å². The summed E-state index contributed by atoms with van der Waals surface area (Å²) in [7, 11) is -2.41. The molecule has 1 aliphatic heterocycles. The van der Waals surface area contributed by atoms with Gasteiger partial charge in [-0.05, 0) is 45.1 Å². The second kappa shape index (κ2) is 8.04. The molecule has 1 aliphatic carbocycles. The van der Waals surface area contributed by atoms with Gasteiger partial charge in [-0.2, -0.15) is 5.26 Å². The largest absolute Gasteiger partial charge is 0.386 e. The molecule has 0 bridgehead atoms. The van der Waals surface area contributed by atoms with Crippen LogP contribution in [-0.2, 0) is 10.0 Å². The number of allylic oxidation sites excluding steroid dienone is 3. The molecule has 0 fully saturated rings.